The summed E-state index contributed by atoms with van der Waals surface area (Å²) >= 11 is 0. The molecule has 1 heterocycles. The van der Waals surface area contributed by atoms with Gasteiger partial charge in [-0.3, -0.25) is 5.10 Å². The van der Waals surface area contributed by atoms with Gasteiger partial charge in [0.15, 0.2) is 0 Å². The molecule has 0 atom stereocenters. The number of nitrogens with one attached hydrogen (secondary N) is 1. The second kappa shape index (κ2) is 6.06. The maximum atomic E-state index is 12.5. The number of aromatic nitrogens is 2. The van der Waals surface area contributed by atoms with Crippen molar-refractivity contribution in [2.45, 2.75) is 24.8 Å². The number of nitrogens with two attached hydrogens (primary N) is 1. The van der Waals surface area contributed by atoms with E-state index in [-0.39, 0.29) is 4.90 Å². The van der Waals surface area contributed by atoms with Crippen molar-refractivity contribution in [2.24, 2.45) is 0 Å². The molecule has 0 amide bonds. The zero-order valence-corrected chi connectivity index (χ0v) is 12.1. The number of hydrogen-bond donors (Lipinski definition) is 2. The average molecular weight is 294 g/mol. The van der Waals surface area contributed by atoms with E-state index in [4.69, 9.17) is 5.73 Å². The molecule has 0 radical (unpaired) electrons. The summed E-state index contributed by atoms with van der Waals surface area (Å²) in [4.78, 5) is 0.176. The summed E-state index contributed by atoms with van der Waals surface area (Å²) in [5, 5.41) is 6.23. The van der Waals surface area contributed by atoms with Gasteiger partial charge in [0.2, 0.25) is 10.0 Å². The van der Waals surface area contributed by atoms with Gasteiger partial charge in [0.05, 0.1) is 6.20 Å². The van der Waals surface area contributed by atoms with Gasteiger partial charge in [-0.15, -0.1) is 0 Å². The van der Waals surface area contributed by atoms with Crippen molar-refractivity contribution in [3.05, 3.63) is 42.2 Å². The molecule has 20 heavy (non-hydrogen) atoms. The predicted molar refractivity (Wildman–Crippen MR) is 77.3 cm³/mol. The Morgan fingerprint density at radius 2 is 2.20 bits per heavy atom. The first-order chi connectivity index (χ1) is 9.54. The third-order valence-electron chi connectivity index (χ3n) is 2.89. The van der Waals surface area contributed by atoms with E-state index in [2.05, 4.69) is 10.2 Å². The molecule has 2 rings (SSSR count). The van der Waals surface area contributed by atoms with Crippen LogP contribution in [0.1, 0.15) is 18.9 Å². The second-order valence-corrected chi connectivity index (χ2v) is 6.46. The van der Waals surface area contributed by atoms with E-state index in [0.29, 0.717) is 18.8 Å². The van der Waals surface area contributed by atoms with Crippen molar-refractivity contribution >= 4 is 15.7 Å². The van der Waals surface area contributed by atoms with Crippen LogP contribution >= 0.6 is 0 Å². The van der Waals surface area contributed by atoms with Crippen molar-refractivity contribution in [3.63, 3.8) is 0 Å². The third kappa shape index (κ3) is 3.17. The van der Waals surface area contributed by atoms with Crippen LogP contribution in [0, 0.1) is 0 Å². The third-order valence-corrected chi connectivity index (χ3v) is 4.70. The van der Waals surface area contributed by atoms with Gasteiger partial charge in [-0.25, -0.2) is 8.42 Å². The van der Waals surface area contributed by atoms with E-state index >= 15 is 0 Å². The molecule has 0 saturated heterocycles. The van der Waals surface area contributed by atoms with Crippen molar-refractivity contribution in [1.82, 2.24) is 14.5 Å². The minimum absolute atomic E-state index is 0.176. The Hall–Kier alpha value is -1.86. The summed E-state index contributed by atoms with van der Waals surface area (Å²) in [6.45, 7) is 2.69. The molecule has 0 aliphatic heterocycles. The molecule has 0 fully saturated rings. The monoisotopic (exact) mass is 294 g/mol. The molecule has 1 aromatic heterocycles. The first kappa shape index (κ1) is 14.5. The topological polar surface area (TPSA) is 92.1 Å². The van der Waals surface area contributed by atoms with Gasteiger partial charge < -0.3 is 5.73 Å². The summed E-state index contributed by atoms with van der Waals surface area (Å²) in [6.07, 6.45) is 3.44. The van der Waals surface area contributed by atoms with Gasteiger partial charge in [-0.05, 0) is 24.1 Å². The molecule has 7 heteroatoms. The highest BCUT2D eigenvalue weighted by Crippen LogP contribution is 2.18. The van der Waals surface area contributed by atoms with Crippen LogP contribution < -0.4 is 5.73 Å². The molecule has 6 nitrogen and oxygen atoms in total. The van der Waals surface area contributed by atoms with Crippen molar-refractivity contribution in [1.29, 1.82) is 0 Å². The molecular weight excluding hydrogens is 276 g/mol. The summed E-state index contributed by atoms with van der Waals surface area (Å²) in [5.41, 5.74) is 7.22. The second-order valence-electron chi connectivity index (χ2n) is 4.52. The molecule has 2 aromatic rings. The quantitative estimate of drug-likeness (QED) is 0.791. The predicted octanol–water partition coefficient (Wildman–Crippen LogP) is 1.59. The largest absolute Gasteiger partial charge is 0.399 e. The average Bonchev–Trinajstić information content (AvgIpc) is 2.93. The molecule has 0 bridgehead atoms. The minimum atomic E-state index is -3.53. The Morgan fingerprint density at radius 3 is 2.80 bits per heavy atom. The lowest BCUT2D eigenvalue weighted by atomic mass is 10.2. The SMILES string of the molecule is CCCN(Cc1cccc(N)c1)S(=O)(=O)c1cn[nH]c1. The molecule has 108 valence electrons. The first-order valence-corrected chi connectivity index (χ1v) is 7.81. The smallest absolute Gasteiger partial charge is 0.246 e. The number of sulfonamides is 1. The van der Waals surface area contributed by atoms with E-state index in [0.717, 1.165) is 12.0 Å². The van der Waals surface area contributed by atoms with E-state index in [1.54, 1.807) is 12.1 Å². The van der Waals surface area contributed by atoms with Gasteiger partial charge in [0.1, 0.15) is 4.90 Å². The summed E-state index contributed by atoms with van der Waals surface area (Å²) in [7, 11) is -3.53. The summed E-state index contributed by atoms with van der Waals surface area (Å²) < 4.78 is 26.5. The van der Waals surface area contributed by atoms with Crippen LogP contribution in [0.3, 0.4) is 0 Å². The number of nitrogen functional groups attached to an aromatic ring is 1. The Morgan fingerprint density at radius 1 is 1.40 bits per heavy atom. The number of rotatable bonds is 6. The lowest BCUT2D eigenvalue weighted by Gasteiger charge is -2.21. The van der Waals surface area contributed by atoms with Gasteiger partial charge in [-0.2, -0.15) is 9.40 Å². The van der Waals surface area contributed by atoms with Crippen LogP contribution in [0.4, 0.5) is 5.69 Å². The standard InChI is InChI=1S/C13H18N4O2S/c1-2-6-17(10-11-4-3-5-12(14)7-11)20(18,19)13-8-15-16-9-13/h3-5,7-9H,2,6,10,14H2,1H3,(H,15,16). The van der Waals surface area contributed by atoms with E-state index in [1.807, 2.05) is 19.1 Å². The maximum absolute atomic E-state index is 12.5. The number of H-pyrrole nitrogens is 1. The zero-order chi connectivity index (χ0) is 14.6. The molecule has 3 N–H and O–H groups in total. The van der Waals surface area contributed by atoms with Crippen LogP contribution in [-0.4, -0.2) is 29.5 Å². The van der Waals surface area contributed by atoms with Gasteiger partial charge in [0, 0.05) is 25.0 Å². The molecule has 1 aromatic carbocycles. The fourth-order valence-corrected chi connectivity index (χ4v) is 3.39. The van der Waals surface area contributed by atoms with Gasteiger partial charge in [-0.1, -0.05) is 19.1 Å². The van der Waals surface area contributed by atoms with E-state index in [9.17, 15) is 8.42 Å². The van der Waals surface area contributed by atoms with E-state index < -0.39 is 10.0 Å². The first-order valence-electron chi connectivity index (χ1n) is 6.37. The van der Waals surface area contributed by atoms with Crippen LogP contribution in [0.15, 0.2) is 41.6 Å². The van der Waals surface area contributed by atoms with Gasteiger partial charge in [0.25, 0.3) is 0 Å². The van der Waals surface area contributed by atoms with Crippen LogP contribution in [0.25, 0.3) is 0 Å². The number of benzene rings is 1. The molecule has 0 aliphatic carbocycles. The lowest BCUT2D eigenvalue weighted by molar-refractivity contribution is 0.406. The number of anilines is 1. The van der Waals surface area contributed by atoms with Crippen molar-refractivity contribution < 1.29 is 8.42 Å². The summed E-state index contributed by atoms with van der Waals surface area (Å²) in [6, 6.07) is 7.24. The van der Waals surface area contributed by atoms with Crippen LogP contribution in [0.5, 0.6) is 0 Å². The molecule has 0 aliphatic rings. The number of nitrogens with zero attached hydrogens (tertiary/aromatic N) is 2. The minimum Gasteiger partial charge on any atom is -0.399 e. The molecular formula is C13H18N4O2S. The molecule has 0 spiro atoms. The number of aromatic amines is 1. The maximum Gasteiger partial charge on any atom is 0.246 e. The summed E-state index contributed by atoms with van der Waals surface area (Å²) in [5.74, 6) is 0. The normalized spacial score (nSPS) is 11.9. The highest BCUT2D eigenvalue weighted by molar-refractivity contribution is 7.89. The Labute approximate surface area is 118 Å². The van der Waals surface area contributed by atoms with Crippen LogP contribution in [0.2, 0.25) is 0 Å². The van der Waals surface area contributed by atoms with Crippen molar-refractivity contribution in [2.75, 3.05) is 12.3 Å². The van der Waals surface area contributed by atoms with Crippen molar-refractivity contribution in [3.8, 4) is 0 Å². The number of hydrogen-bond acceptors (Lipinski definition) is 4. The lowest BCUT2D eigenvalue weighted by Crippen LogP contribution is -2.31. The Bertz CT molecular complexity index is 653. The fraction of sp³-hybridized carbons (Fsp3) is 0.308. The highest BCUT2D eigenvalue weighted by atomic mass is 32.2. The molecule has 0 saturated carbocycles. The zero-order valence-electron chi connectivity index (χ0n) is 11.3. The van der Waals surface area contributed by atoms with Crippen LogP contribution in [-0.2, 0) is 16.6 Å². The Kier molecular flexibility index (Phi) is 4.41. The highest BCUT2D eigenvalue weighted by Gasteiger charge is 2.24. The van der Waals surface area contributed by atoms with Gasteiger partial charge >= 0.3 is 0 Å². The van der Waals surface area contributed by atoms with E-state index in [1.165, 1.54) is 16.7 Å². The molecule has 0 unspecified atom stereocenters. The fourth-order valence-electron chi connectivity index (χ4n) is 1.96. The Balaban J connectivity index is 2.28.